The fraction of sp³-hybridized carbons (Fsp3) is 0.438. The fourth-order valence-corrected chi connectivity index (χ4v) is 3.10. The van der Waals surface area contributed by atoms with Crippen LogP contribution in [0.5, 0.6) is 5.75 Å². The van der Waals surface area contributed by atoms with Gasteiger partial charge in [0, 0.05) is 41.9 Å². The molecule has 2 heterocycles. The predicted octanol–water partition coefficient (Wildman–Crippen LogP) is 3.28. The molecule has 1 atom stereocenters. The van der Waals surface area contributed by atoms with Gasteiger partial charge in [-0.25, -0.2) is 4.98 Å². The summed E-state index contributed by atoms with van der Waals surface area (Å²) < 4.78 is 5.93. The topological polar surface area (TPSA) is 51.4 Å². The lowest BCUT2D eigenvalue weighted by atomic mass is 10.0. The van der Waals surface area contributed by atoms with Crippen molar-refractivity contribution in [1.29, 1.82) is 0 Å². The number of anilines is 1. The van der Waals surface area contributed by atoms with Gasteiger partial charge in [-0.05, 0) is 25.7 Å². The largest absolute Gasteiger partial charge is 0.488 e. The van der Waals surface area contributed by atoms with Crippen molar-refractivity contribution < 1.29 is 4.74 Å². The second-order valence-electron chi connectivity index (χ2n) is 5.09. The average Bonchev–Trinajstić information content (AvgIpc) is 3.07. The van der Waals surface area contributed by atoms with E-state index in [1.165, 1.54) is 5.56 Å². The van der Waals surface area contributed by atoms with E-state index >= 15 is 0 Å². The van der Waals surface area contributed by atoms with Crippen LogP contribution in [0.4, 0.5) is 5.69 Å². The summed E-state index contributed by atoms with van der Waals surface area (Å²) >= 11 is 1.61. The van der Waals surface area contributed by atoms with Crippen LogP contribution in [0.25, 0.3) is 10.6 Å². The van der Waals surface area contributed by atoms with Crippen LogP contribution < -0.4 is 10.5 Å². The summed E-state index contributed by atoms with van der Waals surface area (Å²) in [6.45, 7) is 4.92. The summed E-state index contributed by atoms with van der Waals surface area (Å²) in [5.41, 5.74) is 9.09. The van der Waals surface area contributed by atoms with Crippen LogP contribution in [-0.4, -0.2) is 36.6 Å². The molecule has 114 valence electrons. The molecule has 0 saturated carbocycles. The van der Waals surface area contributed by atoms with Crippen molar-refractivity contribution in [3.05, 3.63) is 29.3 Å². The van der Waals surface area contributed by atoms with Crippen LogP contribution in [0, 0.1) is 0 Å². The first-order chi connectivity index (χ1) is 10.1. The lowest BCUT2D eigenvalue weighted by Gasteiger charge is -2.15. The summed E-state index contributed by atoms with van der Waals surface area (Å²) in [6.07, 6.45) is 2.96. The number of hydrogen-bond donors (Lipinski definition) is 1. The standard InChI is InChI=1S/C14H17N3OS.C2H6/c1-17(2)8-10-5-9-6-11(14-16-3-4-19-14)12(15)7-13(9)18-10;1-2/h3-4,6-7,10H,5,8,15H2,1-2H3;1-2H3. The lowest BCUT2D eigenvalue weighted by molar-refractivity contribution is 0.184. The minimum atomic E-state index is 0.218. The number of thiazole rings is 1. The molecule has 1 aromatic carbocycles. The van der Waals surface area contributed by atoms with Crippen LogP contribution in [0.1, 0.15) is 19.4 Å². The van der Waals surface area contributed by atoms with Crippen LogP contribution in [0.15, 0.2) is 23.7 Å². The summed E-state index contributed by atoms with van der Waals surface area (Å²) in [5.74, 6) is 0.921. The summed E-state index contributed by atoms with van der Waals surface area (Å²) in [5, 5.41) is 2.93. The van der Waals surface area contributed by atoms with E-state index in [-0.39, 0.29) is 6.10 Å². The van der Waals surface area contributed by atoms with Crippen molar-refractivity contribution in [3.8, 4) is 16.3 Å². The molecule has 0 saturated heterocycles. The summed E-state index contributed by atoms with van der Waals surface area (Å²) in [7, 11) is 4.11. The zero-order valence-electron chi connectivity index (χ0n) is 13.1. The van der Waals surface area contributed by atoms with Gasteiger partial charge in [0.2, 0.25) is 0 Å². The molecule has 0 fully saturated rings. The van der Waals surface area contributed by atoms with E-state index in [4.69, 9.17) is 10.5 Å². The number of benzene rings is 1. The molecule has 1 aliphatic rings. The predicted molar refractivity (Wildman–Crippen MR) is 90.0 cm³/mol. The van der Waals surface area contributed by atoms with Gasteiger partial charge in [0.25, 0.3) is 0 Å². The average molecular weight is 305 g/mol. The van der Waals surface area contributed by atoms with Crippen LogP contribution >= 0.6 is 11.3 Å². The van der Waals surface area contributed by atoms with Crippen molar-refractivity contribution in [1.82, 2.24) is 9.88 Å². The second-order valence-corrected chi connectivity index (χ2v) is 5.99. The molecule has 0 bridgehead atoms. The van der Waals surface area contributed by atoms with Gasteiger partial charge in [-0.1, -0.05) is 13.8 Å². The Balaban J connectivity index is 0.000000774. The minimum Gasteiger partial charge on any atom is -0.488 e. The molecule has 21 heavy (non-hydrogen) atoms. The zero-order valence-corrected chi connectivity index (χ0v) is 13.9. The first-order valence-corrected chi connectivity index (χ1v) is 8.15. The Hall–Kier alpha value is -1.59. The molecule has 1 aliphatic heterocycles. The van der Waals surface area contributed by atoms with Crippen molar-refractivity contribution in [2.24, 2.45) is 0 Å². The maximum atomic E-state index is 6.11. The number of aromatic nitrogens is 1. The third-order valence-electron chi connectivity index (χ3n) is 3.21. The molecule has 1 unspecified atom stereocenters. The number of nitrogen functional groups attached to an aromatic ring is 1. The molecular formula is C16H23N3OS. The number of fused-ring (bicyclic) bond motifs is 1. The van der Waals surface area contributed by atoms with E-state index < -0.39 is 0 Å². The first-order valence-electron chi connectivity index (χ1n) is 7.27. The Labute approximate surface area is 130 Å². The molecule has 4 nitrogen and oxygen atoms in total. The normalized spacial score (nSPS) is 16.1. The number of likely N-dealkylation sites (N-methyl/N-ethyl adjacent to an activating group) is 1. The Morgan fingerprint density at radius 1 is 1.38 bits per heavy atom. The Bertz CT molecular complexity index is 581. The number of nitrogens with zero attached hydrogens (tertiary/aromatic N) is 2. The molecule has 2 N–H and O–H groups in total. The van der Waals surface area contributed by atoms with Crippen molar-refractivity contribution in [2.45, 2.75) is 26.4 Å². The smallest absolute Gasteiger partial charge is 0.125 e. The molecule has 0 amide bonds. The van der Waals surface area contributed by atoms with Gasteiger partial charge in [-0.15, -0.1) is 11.3 Å². The number of hydrogen-bond acceptors (Lipinski definition) is 5. The maximum absolute atomic E-state index is 6.11. The van der Waals surface area contributed by atoms with E-state index in [0.717, 1.165) is 35.0 Å². The highest BCUT2D eigenvalue weighted by Crippen LogP contribution is 2.37. The van der Waals surface area contributed by atoms with Gasteiger partial charge >= 0.3 is 0 Å². The van der Waals surface area contributed by atoms with Crippen molar-refractivity contribution >= 4 is 17.0 Å². The van der Waals surface area contributed by atoms with Gasteiger partial charge in [0.1, 0.15) is 16.9 Å². The van der Waals surface area contributed by atoms with Gasteiger partial charge in [0.05, 0.1) is 0 Å². The lowest BCUT2D eigenvalue weighted by Crippen LogP contribution is -2.29. The summed E-state index contributed by atoms with van der Waals surface area (Å²) in [6, 6.07) is 4.06. The van der Waals surface area contributed by atoms with Gasteiger partial charge < -0.3 is 15.4 Å². The first kappa shape index (κ1) is 15.8. The Kier molecular flexibility index (Phi) is 5.20. The van der Waals surface area contributed by atoms with Gasteiger partial charge in [0.15, 0.2) is 0 Å². The van der Waals surface area contributed by atoms with Crippen LogP contribution in [0.3, 0.4) is 0 Å². The molecule has 1 aromatic heterocycles. The third kappa shape index (κ3) is 3.54. The molecule has 5 heteroatoms. The number of rotatable bonds is 3. The third-order valence-corrected chi connectivity index (χ3v) is 4.01. The summed E-state index contributed by atoms with van der Waals surface area (Å²) in [4.78, 5) is 6.47. The quantitative estimate of drug-likeness (QED) is 0.884. The molecular weight excluding hydrogens is 282 g/mol. The number of ether oxygens (including phenoxy) is 1. The van der Waals surface area contributed by atoms with Gasteiger partial charge in [-0.3, -0.25) is 0 Å². The van der Waals surface area contributed by atoms with Crippen molar-refractivity contribution in [2.75, 3.05) is 26.4 Å². The minimum absolute atomic E-state index is 0.218. The van der Waals surface area contributed by atoms with E-state index in [0.29, 0.717) is 0 Å². The SMILES string of the molecule is CC.CN(C)CC1Cc2cc(-c3nccs3)c(N)cc2O1. The highest BCUT2D eigenvalue weighted by molar-refractivity contribution is 7.13. The Morgan fingerprint density at radius 2 is 2.14 bits per heavy atom. The maximum Gasteiger partial charge on any atom is 0.125 e. The second kappa shape index (κ2) is 6.91. The zero-order chi connectivity index (χ0) is 15.4. The molecule has 0 aliphatic carbocycles. The van der Waals surface area contributed by atoms with E-state index in [1.54, 1.807) is 17.5 Å². The molecule has 3 rings (SSSR count). The highest BCUT2D eigenvalue weighted by atomic mass is 32.1. The molecule has 0 radical (unpaired) electrons. The molecule has 2 aromatic rings. The highest BCUT2D eigenvalue weighted by Gasteiger charge is 2.25. The van der Waals surface area contributed by atoms with Gasteiger partial charge in [-0.2, -0.15) is 0 Å². The van der Waals surface area contributed by atoms with Crippen LogP contribution in [-0.2, 0) is 6.42 Å². The van der Waals surface area contributed by atoms with E-state index in [1.807, 2.05) is 25.3 Å². The number of nitrogens with two attached hydrogens (primary N) is 1. The van der Waals surface area contributed by atoms with E-state index in [9.17, 15) is 0 Å². The van der Waals surface area contributed by atoms with E-state index in [2.05, 4.69) is 30.0 Å². The van der Waals surface area contributed by atoms with Crippen LogP contribution in [0.2, 0.25) is 0 Å². The molecule has 0 spiro atoms. The Morgan fingerprint density at radius 3 is 2.76 bits per heavy atom. The fourth-order valence-electron chi connectivity index (χ4n) is 2.43. The van der Waals surface area contributed by atoms with Crippen molar-refractivity contribution in [3.63, 3.8) is 0 Å². The monoisotopic (exact) mass is 305 g/mol.